The highest BCUT2D eigenvalue weighted by atomic mass is 16.5. The molecule has 1 heterocycles. The molecule has 0 saturated carbocycles. The molecular formula is C36H47N3O2. The van der Waals surface area contributed by atoms with E-state index in [4.69, 9.17) is 20.6 Å². The van der Waals surface area contributed by atoms with E-state index in [1.807, 2.05) is 12.1 Å². The van der Waals surface area contributed by atoms with Gasteiger partial charge in [-0.2, -0.15) is 0 Å². The van der Waals surface area contributed by atoms with Gasteiger partial charge in [-0.25, -0.2) is 4.99 Å². The Morgan fingerprint density at radius 2 is 0.829 bits per heavy atom. The second-order valence-electron chi connectivity index (χ2n) is 15.4. The zero-order chi connectivity index (χ0) is 30.7. The molecule has 41 heavy (non-hydrogen) atoms. The van der Waals surface area contributed by atoms with Crippen molar-refractivity contribution < 1.29 is 9.47 Å². The van der Waals surface area contributed by atoms with Crippen LogP contribution in [0.2, 0.25) is 0 Å². The van der Waals surface area contributed by atoms with Gasteiger partial charge in [-0.15, -0.1) is 0 Å². The average molecular weight is 554 g/mol. The van der Waals surface area contributed by atoms with Crippen molar-refractivity contribution in [1.82, 2.24) is 0 Å². The van der Waals surface area contributed by atoms with E-state index in [9.17, 15) is 0 Å². The number of nitrogens with one attached hydrogen (secondary N) is 1. The Bertz CT molecular complexity index is 1470. The predicted molar refractivity (Wildman–Crippen MR) is 172 cm³/mol. The van der Waals surface area contributed by atoms with Crippen LogP contribution in [0.15, 0.2) is 53.5 Å². The van der Waals surface area contributed by atoms with Gasteiger partial charge in [0, 0.05) is 11.1 Å². The van der Waals surface area contributed by atoms with Gasteiger partial charge in [0.15, 0.2) is 17.3 Å². The molecule has 5 nitrogen and oxygen atoms in total. The fraction of sp³-hybridized carbons (Fsp3) is 0.444. The smallest absolute Gasteiger partial charge is 0.170 e. The topological polar surface area (TPSA) is 80.7 Å². The molecule has 0 atom stereocenters. The van der Waals surface area contributed by atoms with Crippen molar-refractivity contribution in [2.75, 3.05) is 0 Å². The maximum Gasteiger partial charge on any atom is 0.170 e. The van der Waals surface area contributed by atoms with Crippen molar-refractivity contribution in [3.63, 3.8) is 0 Å². The van der Waals surface area contributed by atoms with Gasteiger partial charge >= 0.3 is 0 Å². The first kappa shape index (κ1) is 30.4. The number of aliphatic imine (C=N–C) groups is 1. The number of nitrogens with two attached hydrogens (primary N) is 1. The Morgan fingerprint density at radius 1 is 0.512 bits per heavy atom. The van der Waals surface area contributed by atoms with Gasteiger partial charge in [-0.05, 0) is 80.3 Å². The van der Waals surface area contributed by atoms with Gasteiger partial charge in [0.2, 0.25) is 0 Å². The van der Waals surface area contributed by atoms with E-state index in [1.54, 1.807) is 0 Å². The molecule has 3 aromatic rings. The fourth-order valence-electron chi connectivity index (χ4n) is 4.67. The van der Waals surface area contributed by atoms with E-state index < -0.39 is 0 Å². The minimum atomic E-state index is -0.0577. The Morgan fingerprint density at radius 3 is 1.15 bits per heavy atom. The molecule has 5 heteroatoms. The molecule has 0 radical (unpaired) electrons. The number of fused-ring (bicyclic) bond motifs is 1. The van der Waals surface area contributed by atoms with Gasteiger partial charge in [-0.1, -0.05) is 95.2 Å². The quantitative estimate of drug-likeness (QED) is 0.337. The molecule has 0 fully saturated rings. The van der Waals surface area contributed by atoms with E-state index in [1.165, 1.54) is 22.3 Å². The SMILES string of the molecule is CC(C)(C)c1cc(Oc2cc3c(cc2Oc2cc(C(C)(C)C)cc(C(C)(C)C)c2)C(N)=NC3=N)cc(C(C)(C)C)c1. The second kappa shape index (κ2) is 10.0. The summed E-state index contributed by atoms with van der Waals surface area (Å²) < 4.78 is 13.3. The average Bonchev–Trinajstić information content (AvgIpc) is 3.09. The second-order valence-corrected chi connectivity index (χ2v) is 15.4. The number of benzene rings is 3. The van der Waals surface area contributed by atoms with Crippen LogP contribution in [-0.4, -0.2) is 11.7 Å². The molecule has 0 spiro atoms. The van der Waals surface area contributed by atoms with Crippen molar-refractivity contribution >= 4 is 11.7 Å². The van der Waals surface area contributed by atoms with E-state index in [0.29, 0.717) is 28.5 Å². The van der Waals surface area contributed by atoms with E-state index in [0.717, 1.165) is 11.5 Å². The summed E-state index contributed by atoms with van der Waals surface area (Å²) in [5, 5.41) is 8.39. The molecule has 0 aromatic heterocycles. The maximum atomic E-state index is 8.39. The van der Waals surface area contributed by atoms with Gasteiger partial charge in [0.25, 0.3) is 0 Å². The predicted octanol–water partition coefficient (Wildman–Crippen LogP) is 9.51. The third kappa shape index (κ3) is 6.66. The van der Waals surface area contributed by atoms with Crippen LogP contribution in [-0.2, 0) is 21.7 Å². The van der Waals surface area contributed by atoms with Crippen molar-refractivity contribution in [2.24, 2.45) is 10.7 Å². The van der Waals surface area contributed by atoms with Crippen LogP contribution >= 0.6 is 0 Å². The van der Waals surface area contributed by atoms with Crippen LogP contribution < -0.4 is 15.2 Å². The Labute approximate surface area is 246 Å². The first-order chi connectivity index (χ1) is 18.6. The van der Waals surface area contributed by atoms with E-state index >= 15 is 0 Å². The van der Waals surface area contributed by atoms with Crippen LogP contribution in [0.4, 0.5) is 0 Å². The lowest BCUT2D eigenvalue weighted by Gasteiger charge is -2.27. The summed E-state index contributed by atoms with van der Waals surface area (Å²) in [6, 6.07) is 16.6. The van der Waals surface area contributed by atoms with Gasteiger partial charge in [0.1, 0.15) is 17.3 Å². The lowest BCUT2D eigenvalue weighted by Crippen LogP contribution is -2.16. The fourth-order valence-corrected chi connectivity index (χ4v) is 4.67. The molecule has 0 saturated heterocycles. The molecule has 0 amide bonds. The Kier molecular flexibility index (Phi) is 7.44. The molecular weight excluding hydrogens is 506 g/mol. The highest BCUT2D eigenvalue weighted by molar-refractivity contribution is 6.21. The highest BCUT2D eigenvalue weighted by Gasteiger charge is 2.26. The normalized spacial score (nSPS) is 14.1. The molecule has 0 unspecified atom stereocenters. The zero-order valence-electron chi connectivity index (χ0n) is 27.0. The molecule has 3 aromatic carbocycles. The lowest BCUT2D eigenvalue weighted by atomic mass is 9.80. The van der Waals surface area contributed by atoms with Gasteiger partial charge in [0.05, 0.1) is 0 Å². The Balaban J connectivity index is 1.88. The summed E-state index contributed by atoms with van der Waals surface area (Å²) in [6.07, 6.45) is 0. The molecule has 1 aliphatic rings. The first-order valence-corrected chi connectivity index (χ1v) is 14.4. The number of ether oxygens (including phenoxy) is 2. The van der Waals surface area contributed by atoms with Crippen molar-refractivity contribution in [1.29, 1.82) is 5.41 Å². The lowest BCUT2D eigenvalue weighted by molar-refractivity contribution is 0.414. The van der Waals surface area contributed by atoms with E-state index in [-0.39, 0.29) is 27.5 Å². The summed E-state index contributed by atoms with van der Waals surface area (Å²) in [6.45, 7) is 26.5. The molecule has 218 valence electrons. The highest BCUT2D eigenvalue weighted by Crippen LogP contribution is 2.42. The number of hydrogen-bond donors (Lipinski definition) is 2. The summed E-state index contributed by atoms with van der Waals surface area (Å²) in [5.74, 6) is 2.94. The molecule has 4 rings (SSSR count). The summed E-state index contributed by atoms with van der Waals surface area (Å²) in [7, 11) is 0. The molecule has 0 aliphatic carbocycles. The number of hydrogen-bond acceptors (Lipinski definition) is 4. The largest absolute Gasteiger partial charge is 0.453 e. The molecule has 0 bridgehead atoms. The number of nitrogens with zero attached hydrogens (tertiary/aromatic N) is 1. The summed E-state index contributed by atoms with van der Waals surface area (Å²) >= 11 is 0. The van der Waals surface area contributed by atoms with Gasteiger partial charge in [-0.3, -0.25) is 5.41 Å². The van der Waals surface area contributed by atoms with Crippen LogP contribution in [0.1, 0.15) is 116 Å². The Hall–Kier alpha value is -3.60. The first-order valence-electron chi connectivity index (χ1n) is 14.4. The number of amidine groups is 2. The van der Waals surface area contributed by atoms with Crippen molar-refractivity contribution in [3.05, 3.63) is 81.9 Å². The molecule has 3 N–H and O–H groups in total. The minimum absolute atomic E-state index is 0.0560. The molecule has 1 aliphatic heterocycles. The van der Waals surface area contributed by atoms with Gasteiger partial charge < -0.3 is 15.2 Å². The minimum Gasteiger partial charge on any atom is -0.453 e. The van der Waals surface area contributed by atoms with Crippen LogP contribution in [0.25, 0.3) is 0 Å². The third-order valence-electron chi connectivity index (χ3n) is 7.58. The van der Waals surface area contributed by atoms with Crippen molar-refractivity contribution in [3.8, 4) is 23.0 Å². The van der Waals surface area contributed by atoms with Crippen LogP contribution in [0, 0.1) is 5.41 Å². The zero-order valence-corrected chi connectivity index (χ0v) is 27.0. The third-order valence-corrected chi connectivity index (χ3v) is 7.58. The van der Waals surface area contributed by atoms with Crippen molar-refractivity contribution in [2.45, 2.75) is 105 Å². The summed E-state index contributed by atoms with van der Waals surface area (Å²) in [4.78, 5) is 4.21. The van der Waals surface area contributed by atoms with Crippen LogP contribution in [0.5, 0.6) is 23.0 Å². The monoisotopic (exact) mass is 553 g/mol. The van der Waals surface area contributed by atoms with Crippen LogP contribution in [0.3, 0.4) is 0 Å². The van der Waals surface area contributed by atoms with E-state index in [2.05, 4.69) is 124 Å². The maximum absolute atomic E-state index is 8.39. The number of rotatable bonds is 4. The summed E-state index contributed by atoms with van der Waals surface area (Å²) in [5.41, 5.74) is 12.1. The standard InChI is InChI=1S/C36H47N3O2/c1-33(2,3)21-13-22(34(4,5)6)16-25(15-21)40-29-19-27-28(32(38)39-31(27)37)20-30(29)41-26-17-23(35(7,8)9)14-24(18-26)36(10,11)12/h13-20H,1-12H3,(H3,37,38,39).